The van der Waals surface area contributed by atoms with Crippen LogP contribution in [-0.4, -0.2) is 43.4 Å². The maximum Gasteiger partial charge on any atom is 0.224 e. The first-order valence-electron chi connectivity index (χ1n) is 8.03. The number of benzene rings is 1. The number of carbonyl (C=O) groups excluding carboxylic acids is 2. The van der Waals surface area contributed by atoms with E-state index in [0.717, 1.165) is 36.0 Å². The van der Waals surface area contributed by atoms with Gasteiger partial charge in [0.15, 0.2) is 0 Å². The van der Waals surface area contributed by atoms with Crippen LogP contribution >= 0.6 is 28.3 Å². The summed E-state index contributed by atoms with van der Waals surface area (Å²) in [7, 11) is 1.79. The zero-order chi connectivity index (χ0) is 16.7. The van der Waals surface area contributed by atoms with Gasteiger partial charge in [0.1, 0.15) is 0 Å². The van der Waals surface area contributed by atoms with Crippen LogP contribution in [-0.2, 0) is 16.1 Å². The first kappa shape index (κ1) is 20.9. The van der Waals surface area contributed by atoms with Crippen molar-refractivity contribution in [3.63, 3.8) is 0 Å². The summed E-state index contributed by atoms with van der Waals surface area (Å²) in [4.78, 5) is 25.9. The van der Waals surface area contributed by atoms with Crippen molar-refractivity contribution in [3.05, 3.63) is 34.3 Å². The van der Waals surface area contributed by atoms with E-state index in [0.29, 0.717) is 19.5 Å². The highest BCUT2D eigenvalue weighted by atomic mass is 79.9. The molecule has 0 aliphatic carbocycles. The van der Waals surface area contributed by atoms with Crippen LogP contribution in [0.25, 0.3) is 0 Å². The van der Waals surface area contributed by atoms with E-state index < -0.39 is 0 Å². The fourth-order valence-electron chi connectivity index (χ4n) is 2.67. The predicted molar refractivity (Wildman–Crippen MR) is 101 cm³/mol. The summed E-state index contributed by atoms with van der Waals surface area (Å²) in [5.74, 6) is 0.123. The lowest BCUT2D eigenvalue weighted by molar-refractivity contribution is -0.130. The Bertz CT molecular complexity index is 550. The van der Waals surface area contributed by atoms with Gasteiger partial charge in [-0.1, -0.05) is 34.1 Å². The minimum atomic E-state index is 0. The highest BCUT2D eigenvalue weighted by molar-refractivity contribution is 9.10. The quantitative estimate of drug-likeness (QED) is 0.745. The number of amides is 2. The molecule has 1 aromatic rings. The van der Waals surface area contributed by atoms with E-state index in [-0.39, 0.29) is 30.1 Å². The second-order valence-corrected chi connectivity index (χ2v) is 6.78. The van der Waals surface area contributed by atoms with Crippen LogP contribution in [0.1, 0.15) is 24.8 Å². The molecule has 2 amide bonds. The Morgan fingerprint density at radius 3 is 2.79 bits per heavy atom. The Labute approximate surface area is 158 Å². The van der Waals surface area contributed by atoms with Gasteiger partial charge in [-0.15, -0.1) is 12.4 Å². The van der Waals surface area contributed by atoms with Crippen LogP contribution in [0.2, 0.25) is 0 Å². The van der Waals surface area contributed by atoms with Gasteiger partial charge >= 0.3 is 0 Å². The smallest absolute Gasteiger partial charge is 0.224 e. The zero-order valence-corrected chi connectivity index (χ0v) is 16.3. The van der Waals surface area contributed by atoms with Gasteiger partial charge in [-0.05, 0) is 31.0 Å². The standard InChI is InChI=1S/C17H24BrN3O2.ClH/c1-21(12-14-5-2-3-7-15(14)18)16(22)8-10-20-17(23)13-6-4-9-19-11-13;/h2-3,5,7,13,19H,4,6,8-12H2,1H3,(H,20,23);1H. The SMILES string of the molecule is CN(Cc1ccccc1Br)C(=O)CCNC(=O)C1CCCNC1.Cl. The molecular formula is C17H25BrClN3O2. The van der Waals surface area contributed by atoms with Crippen molar-refractivity contribution in [1.82, 2.24) is 15.5 Å². The number of carbonyl (C=O) groups is 2. The molecule has 0 radical (unpaired) electrons. The number of nitrogens with one attached hydrogen (secondary N) is 2. The molecule has 1 aliphatic rings. The highest BCUT2D eigenvalue weighted by Gasteiger charge is 2.20. The molecule has 1 heterocycles. The Morgan fingerprint density at radius 1 is 1.38 bits per heavy atom. The minimum Gasteiger partial charge on any atom is -0.355 e. The van der Waals surface area contributed by atoms with E-state index in [9.17, 15) is 9.59 Å². The molecule has 1 atom stereocenters. The van der Waals surface area contributed by atoms with Crippen LogP contribution in [0, 0.1) is 5.92 Å². The Balaban J connectivity index is 0.00000288. The van der Waals surface area contributed by atoms with E-state index in [1.54, 1.807) is 11.9 Å². The molecule has 0 bridgehead atoms. The first-order chi connectivity index (χ1) is 11.1. The average molecular weight is 419 g/mol. The Hall–Kier alpha value is -1.11. The summed E-state index contributed by atoms with van der Waals surface area (Å²) < 4.78 is 0.998. The van der Waals surface area contributed by atoms with Crippen molar-refractivity contribution in [2.24, 2.45) is 5.92 Å². The second-order valence-electron chi connectivity index (χ2n) is 5.93. The van der Waals surface area contributed by atoms with E-state index in [1.807, 2.05) is 24.3 Å². The fourth-order valence-corrected chi connectivity index (χ4v) is 3.08. The molecule has 0 spiro atoms. The van der Waals surface area contributed by atoms with Crippen molar-refractivity contribution in [3.8, 4) is 0 Å². The molecule has 134 valence electrons. The summed E-state index contributed by atoms with van der Waals surface area (Å²) >= 11 is 3.49. The molecule has 24 heavy (non-hydrogen) atoms. The third-order valence-electron chi connectivity index (χ3n) is 4.10. The molecule has 1 unspecified atom stereocenters. The topological polar surface area (TPSA) is 61.4 Å². The number of rotatable bonds is 6. The molecule has 1 aromatic carbocycles. The van der Waals surface area contributed by atoms with Gasteiger partial charge < -0.3 is 15.5 Å². The van der Waals surface area contributed by atoms with Gasteiger partial charge in [0.05, 0.1) is 5.92 Å². The number of piperidine rings is 1. The second kappa shape index (κ2) is 10.7. The molecule has 2 N–H and O–H groups in total. The fraction of sp³-hybridized carbons (Fsp3) is 0.529. The summed E-state index contributed by atoms with van der Waals surface area (Å²) in [5, 5.41) is 6.10. The first-order valence-corrected chi connectivity index (χ1v) is 8.83. The van der Waals surface area contributed by atoms with Crippen LogP contribution in [0.3, 0.4) is 0 Å². The zero-order valence-electron chi connectivity index (χ0n) is 13.9. The van der Waals surface area contributed by atoms with Crippen LogP contribution < -0.4 is 10.6 Å². The van der Waals surface area contributed by atoms with Gasteiger partial charge in [-0.25, -0.2) is 0 Å². The largest absolute Gasteiger partial charge is 0.355 e. The van der Waals surface area contributed by atoms with Crippen LogP contribution in [0.4, 0.5) is 0 Å². The molecule has 1 saturated heterocycles. The van der Waals surface area contributed by atoms with E-state index in [4.69, 9.17) is 0 Å². The number of hydrogen-bond donors (Lipinski definition) is 2. The van der Waals surface area contributed by atoms with E-state index >= 15 is 0 Å². The Morgan fingerprint density at radius 2 is 2.12 bits per heavy atom. The van der Waals surface area contributed by atoms with Crippen molar-refractivity contribution < 1.29 is 9.59 Å². The van der Waals surface area contributed by atoms with Crippen molar-refractivity contribution >= 4 is 40.2 Å². The third kappa shape index (κ3) is 6.42. The lowest BCUT2D eigenvalue weighted by atomic mass is 9.99. The number of hydrogen-bond acceptors (Lipinski definition) is 3. The number of nitrogens with zero attached hydrogens (tertiary/aromatic N) is 1. The molecule has 1 aliphatic heterocycles. The molecule has 7 heteroatoms. The Kier molecular flexibility index (Phi) is 9.33. The molecule has 1 fully saturated rings. The van der Waals surface area contributed by atoms with Crippen LogP contribution in [0.15, 0.2) is 28.7 Å². The average Bonchev–Trinajstić information content (AvgIpc) is 2.57. The third-order valence-corrected chi connectivity index (χ3v) is 4.87. The van der Waals surface area contributed by atoms with Crippen molar-refractivity contribution in [2.45, 2.75) is 25.8 Å². The monoisotopic (exact) mass is 417 g/mol. The molecule has 0 saturated carbocycles. The molecule has 0 aromatic heterocycles. The summed E-state index contributed by atoms with van der Waals surface area (Å²) in [6, 6.07) is 7.86. The lowest BCUT2D eigenvalue weighted by Crippen LogP contribution is -2.41. The summed E-state index contributed by atoms with van der Waals surface area (Å²) in [5.41, 5.74) is 1.07. The molecule has 5 nitrogen and oxygen atoms in total. The van der Waals surface area contributed by atoms with Gasteiger partial charge in [0.25, 0.3) is 0 Å². The van der Waals surface area contributed by atoms with E-state index in [1.165, 1.54) is 0 Å². The van der Waals surface area contributed by atoms with Gasteiger partial charge in [-0.2, -0.15) is 0 Å². The van der Waals surface area contributed by atoms with E-state index in [2.05, 4.69) is 26.6 Å². The molecule has 2 rings (SSSR count). The normalized spacial score (nSPS) is 16.8. The van der Waals surface area contributed by atoms with Gasteiger partial charge in [-0.3, -0.25) is 9.59 Å². The highest BCUT2D eigenvalue weighted by Crippen LogP contribution is 2.17. The predicted octanol–water partition coefficient (Wildman–Crippen LogP) is 2.34. The van der Waals surface area contributed by atoms with Crippen molar-refractivity contribution in [1.29, 1.82) is 0 Å². The minimum absolute atomic E-state index is 0. The van der Waals surface area contributed by atoms with Crippen LogP contribution in [0.5, 0.6) is 0 Å². The molecular weight excluding hydrogens is 394 g/mol. The van der Waals surface area contributed by atoms with Gasteiger partial charge in [0, 0.05) is 37.6 Å². The number of halogens is 2. The van der Waals surface area contributed by atoms with Gasteiger partial charge in [0.2, 0.25) is 11.8 Å². The lowest BCUT2D eigenvalue weighted by Gasteiger charge is -2.22. The summed E-state index contributed by atoms with van der Waals surface area (Å²) in [6.07, 6.45) is 2.28. The maximum atomic E-state index is 12.2. The van der Waals surface area contributed by atoms with Crippen molar-refractivity contribution in [2.75, 3.05) is 26.7 Å². The maximum absolute atomic E-state index is 12.2. The summed E-state index contributed by atoms with van der Waals surface area (Å²) in [6.45, 7) is 2.68.